The average molecular weight is 299 g/mol. The highest BCUT2D eigenvalue weighted by molar-refractivity contribution is 9.10. The van der Waals surface area contributed by atoms with Crippen LogP contribution in [0.1, 0.15) is 17.3 Å². The maximum atomic E-state index is 12.9. The van der Waals surface area contributed by atoms with Crippen LogP contribution in [0, 0.1) is 5.82 Å². The first-order chi connectivity index (χ1) is 5.13. The predicted octanol–water partition coefficient (Wildman–Crippen LogP) is 2.76. The minimum absolute atomic E-state index is 0. The van der Waals surface area contributed by atoms with Crippen molar-refractivity contribution in [3.8, 4) is 0 Å². The van der Waals surface area contributed by atoms with Crippen LogP contribution in [0.4, 0.5) is 4.39 Å². The fourth-order valence-corrected chi connectivity index (χ4v) is 1.02. The third-order valence-electron chi connectivity index (χ3n) is 1.23. The lowest BCUT2D eigenvalue weighted by atomic mass is 10.2. The molecule has 1 rings (SSSR count). The molecule has 1 aromatic rings. The van der Waals surface area contributed by atoms with Crippen LogP contribution in [0.15, 0.2) is 16.9 Å². The van der Waals surface area contributed by atoms with Crippen molar-refractivity contribution < 1.29 is 9.18 Å². The molecule has 12 heavy (non-hydrogen) atoms. The number of rotatable bonds is 1. The number of ketones is 1. The van der Waals surface area contributed by atoms with Crippen LogP contribution in [0.25, 0.3) is 0 Å². The number of hydrogen-bond acceptors (Lipinski definition) is 2. The van der Waals surface area contributed by atoms with Crippen molar-refractivity contribution in [3.05, 3.63) is 28.2 Å². The summed E-state index contributed by atoms with van der Waals surface area (Å²) >= 11 is 2.88. The smallest absolute Gasteiger partial charge is 0.166 e. The Morgan fingerprint density at radius 2 is 2.25 bits per heavy atom. The van der Waals surface area contributed by atoms with Gasteiger partial charge >= 0.3 is 0 Å². The lowest BCUT2D eigenvalue weighted by molar-refractivity contribution is 0.101. The van der Waals surface area contributed by atoms with Gasteiger partial charge in [-0.15, -0.1) is 17.0 Å². The first-order valence-electron chi connectivity index (χ1n) is 2.94. The molecule has 0 aliphatic heterocycles. The number of nitrogens with zero attached hydrogens (tertiary/aromatic N) is 1. The number of aromatic nitrogens is 1. The Hall–Kier alpha value is -0.290. The largest absolute Gasteiger partial charge is 0.294 e. The molecule has 0 radical (unpaired) electrons. The third-order valence-corrected chi connectivity index (χ3v) is 1.78. The molecule has 1 aromatic heterocycles. The molecule has 1 heterocycles. The Morgan fingerprint density at radius 1 is 1.67 bits per heavy atom. The van der Waals surface area contributed by atoms with Crippen molar-refractivity contribution in [3.63, 3.8) is 0 Å². The summed E-state index contributed by atoms with van der Waals surface area (Å²) in [6.45, 7) is 1.31. The number of carbonyl (C=O) groups excluding carboxylic acids is 1. The maximum absolute atomic E-state index is 12.9. The van der Waals surface area contributed by atoms with E-state index >= 15 is 0 Å². The van der Waals surface area contributed by atoms with E-state index in [1.54, 1.807) is 0 Å². The van der Waals surface area contributed by atoms with Gasteiger partial charge in [0.15, 0.2) is 11.6 Å². The Kier molecular flexibility index (Phi) is 4.55. The van der Waals surface area contributed by atoms with Crippen LogP contribution < -0.4 is 0 Å². The average Bonchev–Trinajstić information content (AvgIpc) is 1.94. The van der Waals surface area contributed by atoms with Gasteiger partial charge in [0.2, 0.25) is 0 Å². The molecule has 0 fully saturated rings. The zero-order valence-electron chi connectivity index (χ0n) is 6.17. The summed E-state index contributed by atoms with van der Waals surface area (Å²) in [4.78, 5) is 14.3. The lowest BCUT2D eigenvalue weighted by Gasteiger charge is -1.97. The molecule has 0 N–H and O–H groups in total. The number of hydrogen-bond donors (Lipinski definition) is 0. The SMILES string of the molecule is Br.CC(=O)c1ccnc(Br)c1F. The molecule has 0 saturated carbocycles. The van der Waals surface area contributed by atoms with E-state index in [0.717, 1.165) is 0 Å². The fraction of sp³-hybridized carbons (Fsp3) is 0.143. The van der Waals surface area contributed by atoms with Crippen LogP contribution in [-0.2, 0) is 0 Å². The van der Waals surface area contributed by atoms with Gasteiger partial charge in [-0.2, -0.15) is 0 Å². The van der Waals surface area contributed by atoms with Gasteiger partial charge < -0.3 is 0 Å². The standard InChI is InChI=1S/C7H5BrFNO.BrH/c1-4(11)5-2-3-10-7(8)6(5)9;/h2-3H,1H3;1H. The molecule has 0 amide bonds. The second kappa shape index (κ2) is 4.67. The minimum Gasteiger partial charge on any atom is -0.294 e. The Bertz CT molecular complexity index is 303. The molecule has 0 spiro atoms. The summed E-state index contributed by atoms with van der Waals surface area (Å²) in [6, 6.07) is 1.35. The highest BCUT2D eigenvalue weighted by atomic mass is 79.9. The zero-order valence-corrected chi connectivity index (χ0v) is 9.47. The van der Waals surface area contributed by atoms with Crippen molar-refractivity contribution in [1.29, 1.82) is 0 Å². The quantitative estimate of drug-likeness (QED) is 0.589. The normalized spacial score (nSPS) is 8.92. The van der Waals surface area contributed by atoms with Gasteiger partial charge in [-0.1, -0.05) is 0 Å². The van der Waals surface area contributed by atoms with Gasteiger partial charge in [0.05, 0.1) is 5.56 Å². The minimum atomic E-state index is -0.597. The molecule has 0 aliphatic carbocycles. The molecule has 0 aromatic carbocycles. The molecular weight excluding hydrogens is 293 g/mol. The number of carbonyl (C=O) groups is 1. The van der Waals surface area contributed by atoms with Crippen molar-refractivity contribution in [1.82, 2.24) is 4.98 Å². The van der Waals surface area contributed by atoms with E-state index in [-0.39, 0.29) is 32.9 Å². The van der Waals surface area contributed by atoms with Gasteiger partial charge in [-0.3, -0.25) is 4.79 Å². The van der Waals surface area contributed by atoms with E-state index in [4.69, 9.17) is 0 Å². The van der Waals surface area contributed by atoms with Gasteiger partial charge in [0.1, 0.15) is 4.60 Å². The fourth-order valence-electron chi connectivity index (χ4n) is 0.690. The molecule has 0 aliphatic rings. The topological polar surface area (TPSA) is 30.0 Å². The molecule has 0 unspecified atom stereocenters. The second-order valence-electron chi connectivity index (χ2n) is 2.02. The van der Waals surface area contributed by atoms with Crippen LogP contribution in [0.3, 0.4) is 0 Å². The highest BCUT2D eigenvalue weighted by Crippen LogP contribution is 2.15. The Labute approximate surface area is 88.1 Å². The molecular formula is C7H6Br2FNO. The highest BCUT2D eigenvalue weighted by Gasteiger charge is 2.09. The summed E-state index contributed by atoms with van der Waals surface area (Å²) in [5.74, 6) is -0.898. The Balaban J connectivity index is 0.00000121. The van der Waals surface area contributed by atoms with Crippen LogP contribution >= 0.6 is 32.9 Å². The van der Waals surface area contributed by atoms with Crippen LogP contribution in [0.5, 0.6) is 0 Å². The molecule has 0 bridgehead atoms. The molecule has 0 atom stereocenters. The van der Waals surface area contributed by atoms with Crippen LogP contribution in [-0.4, -0.2) is 10.8 Å². The van der Waals surface area contributed by atoms with Crippen molar-refractivity contribution >= 4 is 38.7 Å². The van der Waals surface area contributed by atoms with E-state index in [1.165, 1.54) is 19.2 Å². The molecule has 2 nitrogen and oxygen atoms in total. The van der Waals surface area contributed by atoms with Crippen molar-refractivity contribution in [2.24, 2.45) is 0 Å². The monoisotopic (exact) mass is 297 g/mol. The van der Waals surface area contributed by atoms with Gasteiger partial charge in [0.25, 0.3) is 0 Å². The van der Waals surface area contributed by atoms with Gasteiger partial charge in [-0.05, 0) is 28.9 Å². The van der Waals surface area contributed by atoms with E-state index in [2.05, 4.69) is 20.9 Å². The molecule has 0 saturated heterocycles. The third kappa shape index (κ3) is 2.35. The molecule has 66 valence electrons. The van der Waals surface area contributed by atoms with Gasteiger partial charge in [-0.25, -0.2) is 9.37 Å². The summed E-state index contributed by atoms with van der Waals surface area (Å²) in [7, 11) is 0. The number of pyridine rings is 1. The van der Waals surface area contributed by atoms with E-state index in [0.29, 0.717) is 0 Å². The second-order valence-corrected chi connectivity index (χ2v) is 2.77. The maximum Gasteiger partial charge on any atom is 0.166 e. The van der Waals surface area contributed by atoms with E-state index in [1.807, 2.05) is 0 Å². The van der Waals surface area contributed by atoms with Crippen molar-refractivity contribution in [2.75, 3.05) is 0 Å². The summed E-state index contributed by atoms with van der Waals surface area (Å²) in [6.07, 6.45) is 1.38. The zero-order chi connectivity index (χ0) is 8.43. The lowest BCUT2D eigenvalue weighted by Crippen LogP contribution is -1.98. The number of halogens is 3. The van der Waals surface area contributed by atoms with Crippen molar-refractivity contribution in [2.45, 2.75) is 6.92 Å². The Morgan fingerprint density at radius 3 is 2.67 bits per heavy atom. The first-order valence-corrected chi connectivity index (χ1v) is 3.73. The predicted molar refractivity (Wildman–Crippen MR) is 52.2 cm³/mol. The van der Waals surface area contributed by atoms with E-state index < -0.39 is 5.82 Å². The van der Waals surface area contributed by atoms with E-state index in [9.17, 15) is 9.18 Å². The van der Waals surface area contributed by atoms with Gasteiger partial charge in [0, 0.05) is 6.20 Å². The first kappa shape index (κ1) is 11.7. The van der Waals surface area contributed by atoms with Crippen LogP contribution in [0.2, 0.25) is 0 Å². The summed E-state index contributed by atoms with van der Waals surface area (Å²) < 4.78 is 13.0. The summed E-state index contributed by atoms with van der Waals surface area (Å²) in [5, 5.41) is 0. The number of Topliss-reactive ketones (excluding diaryl/α,β-unsaturated/α-hetero) is 1. The summed E-state index contributed by atoms with van der Waals surface area (Å²) in [5.41, 5.74) is 0.0619. The molecule has 5 heteroatoms.